The molecule has 0 aromatic carbocycles. The molecule has 2 amide bonds. The molecular formula is C15H24N4O3. The molecule has 1 aromatic heterocycles. The molecule has 0 radical (unpaired) electrons. The number of amides is 2. The summed E-state index contributed by atoms with van der Waals surface area (Å²) in [6, 6.07) is 0.216. The van der Waals surface area contributed by atoms with E-state index in [1.54, 1.807) is 11.1 Å². The van der Waals surface area contributed by atoms with Crippen LogP contribution in [0.15, 0.2) is 12.4 Å². The number of nitrogens with zero attached hydrogens (tertiary/aromatic N) is 3. The number of carbonyl (C=O) groups is 1. The Hall–Kier alpha value is -2.05. The highest BCUT2D eigenvalue weighted by molar-refractivity contribution is 5.74. The lowest BCUT2D eigenvalue weighted by Crippen LogP contribution is -2.44. The fourth-order valence-corrected chi connectivity index (χ4v) is 2.42. The molecule has 1 unspecified atom stereocenters. The van der Waals surface area contributed by atoms with Crippen LogP contribution in [0.1, 0.15) is 33.1 Å². The van der Waals surface area contributed by atoms with Crippen LogP contribution in [0, 0.1) is 0 Å². The van der Waals surface area contributed by atoms with E-state index in [1.807, 2.05) is 0 Å². The molecule has 1 aliphatic heterocycles. The van der Waals surface area contributed by atoms with Gasteiger partial charge in [-0.3, -0.25) is 4.98 Å². The Labute approximate surface area is 131 Å². The quantitative estimate of drug-likeness (QED) is 0.867. The molecular weight excluding hydrogens is 284 g/mol. The second kappa shape index (κ2) is 7.82. The van der Waals surface area contributed by atoms with Crippen molar-refractivity contribution in [1.29, 1.82) is 0 Å². The molecule has 2 rings (SSSR count). The van der Waals surface area contributed by atoms with Gasteiger partial charge < -0.3 is 19.7 Å². The normalized spacial score (nSPS) is 17.6. The largest absolute Gasteiger partial charge is 0.480 e. The first-order valence-corrected chi connectivity index (χ1v) is 7.74. The van der Waals surface area contributed by atoms with Gasteiger partial charge in [0.15, 0.2) is 0 Å². The zero-order valence-electron chi connectivity index (χ0n) is 13.4. The van der Waals surface area contributed by atoms with E-state index in [0.29, 0.717) is 24.8 Å². The zero-order valence-corrected chi connectivity index (χ0v) is 13.4. The minimum atomic E-state index is -0.0612. The van der Waals surface area contributed by atoms with Crippen LogP contribution < -0.4 is 14.8 Å². The van der Waals surface area contributed by atoms with E-state index in [2.05, 4.69) is 29.1 Å². The van der Waals surface area contributed by atoms with Crippen LogP contribution in [-0.4, -0.2) is 53.2 Å². The molecule has 7 heteroatoms. The first kappa shape index (κ1) is 16.3. The van der Waals surface area contributed by atoms with E-state index >= 15 is 0 Å². The Balaban J connectivity index is 1.85. The molecule has 1 saturated heterocycles. The number of aromatic nitrogens is 2. The molecule has 2 heterocycles. The molecule has 1 aliphatic rings. The van der Waals surface area contributed by atoms with E-state index in [0.717, 1.165) is 19.3 Å². The molecule has 0 spiro atoms. The Morgan fingerprint density at radius 2 is 2.14 bits per heavy atom. The van der Waals surface area contributed by atoms with Crippen LogP contribution >= 0.6 is 0 Å². The van der Waals surface area contributed by atoms with Crippen molar-refractivity contribution in [1.82, 2.24) is 20.2 Å². The molecule has 1 atom stereocenters. The molecule has 0 saturated carbocycles. The Morgan fingerprint density at radius 3 is 2.82 bits per heavy atom. The van der Waals surface area contributed by atoms with Crippen molar-refractivity contribution < 1.29 is 14.3 Å². The van der Waals surface area contributed by atoms with Crippen molar-refractivity contribution in [3.8, 4) is 11.8 Å². The SMILES string of the molecule is CCC(CC)NC(=O)N1CCC(Oc2cncc(OC)n2)C1. The van der Waals surface area contributed by atoms with Gasteiger partial charge in [0.25, 0.3) is 0 Å². The molecule has 22 heavy (non-hydrogen) atoms. The van der Waals surface area contributed by atoms with Gasteiger partial charge >= 0.3 is 6.03 Å². The number of likely N-dealkylation sites (tertiary alicyclic amines) is 1. The lowest BCUT2D eigenvalue weighted by atomic mass is 10.2. The summed E-state index contributed by atoms with van der Waals surface area (Å²) >= 11 is 0. The second-order valence-corrected chi connectivity index (χ2v) is 5.34. The second-order valence-electron chi connectivity index (χ2n) is 5.34. The van der Waals surface area contributed by atoms with Crippen molar-refractivity contribution in [2.75, 3.05) is 20.2 Å². The van der Waals surface area contributed by atoms with Crippen molar-refractivity contribution >= 4 is 6.03 Å². The third-order valence-corrected chi connectivity index (χ3v) is 3.83. The number of carbonyl (C=O) groups excluding carboxylic acids is 1. The summed E-state index contributed by atoms with van der Waals surface area (Å²) in [5, 5.41) is 3.04. The maximum Gasteiger partial charge on any atom is 0.317 e. The van der Waals surface area contributed by atoms with Gasteiger partial charge in [-0.05, 0) is 12.8 Å². The van der Waals surface area contributed by atoms with Crippen molar-refractivity contribution in [3.05, 3.63) is 12.4 Å². The monoisotopic (exact) mass is 308 g/mol. The van der Waals surface area contributed by atoms with Crippen molar-refractivity contribution in [2.45, 2.75) is 45.3 Å². The van der Waals surface area contributed by atoms with Crippen LogP contribution in [-0.2, 0) is 0 Å². The topological polar surface area (TPSA) is 76.6 Å². The van der Waals surface area contributed by atoms with Crippen LogP contribution in [0.5, 0.6) is 11.8 Å². The predicted molar refractivity (Wildman–Crippen MR) is 82.1 cm³/mol. The lowest BCUT2D eigenvalue weighted by molar-refractivity contribution is 0.179. The third-order valence-electron chi connectivity index (χ3n) is 3.83. The van der Waals surface area contributed by atoms with Gasteiger partial charge in [-0.15, -0.1) is 0 Å². The highest BCUT2D eigenvalue weighted by Crippen LogP contribution is 2.18. The van der Waals surface area contributed by atoms with Gasteiger partial charge in [-0.1, -0.05) is 13.8 Å². The minimum Gasteiger partial charge on any atom is -0.480 e. The average molecular weight is 308 g/mol. The van der Waals surface area contributed by atoms with Crippen LogP contribution in [0.3, 0.4) is 0 Å². The summed E-state index contributed by atoms with van der Waals surface area (Å²) in [5.41, 5.74) is 0. The van der Waals surface area contributed by atoms with E-state index in [-0.39, 0.29) is 18.2 Å². The smallest absolute Gasteiger partial charge is 0.317 e. The molecule has 7 nitrogen and oxygen atoms in total. The number of rotatable bonds is 6. The molecule has 1 fully saturated rings. The standard InChI is InChI=1S/C15H24N4O3/c1-4-11(5-2)17-15(20)19-7-6-12(10-19)22-14-9-16-8-13(18-14)21-3/h8-9,11-12H,4-7,10H2,1-3H3,(H,17,20). The molecule has 0 bridgehead atoms. The van der Waals surface area contributed by atoms with Crippen LogP contribution in [0.4, 0.5) is 4.79 Å². The summed E-state index contributed by atoms with van der Waals surface area (Å²) in [6.45, 7) is 5.40. The van der Waals surface area contributed by atoms with E-state index in [4.69, 9.17) is 9.47 Å². The van der Waals surface area contributed by atoms with Crippen molar-refractivity contribution in [3.63, 3.8) is 0 Å². The Bertz CT molecular complexity index is 493. The fourth-order valence-electron chi connectivity index (χ4n) is 2.42. The molecule has 1 aromatic rings. The van der Waals surface area contributed by atoms with E-state index < -0.39 is 0 Å². The third kappa shape index (κ3) is 4.22. The predicted octanol–water partition coefficient (Wildman–Crippen LogP) is 1.84. The number of hydrogen-bond donors (Lipinski definition) is 1. The number of urea groups is 1. The number of ether oxygens (including phenoxy) is 2. The number of nitrogens with one attached hydrogen (secondary N) is 1. The first-order valence-electron chi connectivity index (χ1n) is 7.74. The van der Waals surface area contributed by atoms with Gasteiger partial charge in [0.05, 0.1) is 26.0 Å². The summed E-state index contributed by atoms with van der Waals surface area (Å²) < 4.78 is 10.8. The van der Waals surface area contributed by atoms with Crippen LogP contribution in [0.25, 0.3) is 0 Å². The Kier molecular flexibility index (Phi) is 5.80. The first-order chi connectivity index (χ1) is 10.7. The minimum absolute atomic E-state index is 0.0171. The summed E-state index contributed by atoms with van der Waals surface area (Å²) in [7, 11) is 1.54. The number of hydrogen-bond acceptors (Lipinski definition) is 5. The van der Waals surface area contributed by atoms with Crippen LogP contribution in [0.2, 0.25) is 0 Å². The molecule has 0 aliphatic carbocycles. The zero-order chi connectivity index (χ0) is 15.9. The summed E-state index contributed by atoms with van der Waals surface area (Å²) in [5.74, 6) is 0.838. The summed E-state index contributed by atoms with van der Waals surface area (Å²) in [6.07, 6.45) is 5.68. The fraction of sp³-hybridized carbons (Fsp3) is 0.667. The lowest BCUT2D eigenvalue weighted by Gasteiger charge is -2.21. The Morgan fingerprint density at radius 1 is 1.41 bits per heavy atom. The number of methoxy groups -OCH3 is 1. The van der Waals surface area contributed by atoms with Gasteiger partial charge in [0.1, 0.15) is 6.10 Å². The van der Waals surface area contributed by atoms with Gasteiger partial charge in [-0.25, -0.2) is 4.79 Å². The van der Waals surface area contributed by atoms with Gasteiger partial charge in [0, 0.05) is 19.0 Å². The maximum absolute atomic E-state index is 12.2. The van der Waals surface area contributed by atoms with Gasteiger partial charge in [0.2, 0.25) is 11.8 Å². The molecule has 122 valence electrons. The highest BCUT2D eigenvalue weighted by Gasteiger charge is 2.28. The average Bonchev–Trinajstić information content (AvgIpc) is 3.01. The maximum atomic E-state index is 12.2. The highest BCUT2D eigenvalue weighted by atomic mass is 16.5. The summed E-state index contributed by atoms with van der Waals surface area (Å²) in [4.78, 5) is 22.2. The molecule has 1 N–H and O–H groups in total. The van der Waals surface area contributed by atoms with E-state index in [9.17, 15) is 4.79 Å². The van der Waals surface area contributed by atoms with E-state index in [1.165, 1.54) is 13.3 Å². The van der Waals surface area contributed by atoms with Crippen molar-refractivity contribution in [2.24, 2.45) is 0 Å². The van der Waals surface area contributed by atoms with Gasteiger partial charge in [-0.2, -0.15) is 4.98 Å².